The largest absolute Gasteiger partial charge is 0.381 e. The van der Waals surface area contributed by atoms with Gasteiger partial charge >= 0.3 is 0 Å². The van der Waals surface area contributed by atoms with Gasteiger partial charge in [0.1, 0.15) is 0 Å². The molecule has 178 valence electrons. The van der Waals surface area contributed by atoms with Crippen LogP contribution >= 0.6 is 24.0 Å². The lowest BCUT2D eigenvalue weighted by Crippen LogP contribution is -2.54. The van der Waals surface area contributed by atoms with Crippen LogP contribution in [0.2, 0.25) is 0 Å². The molecule has 0 aromatic heterocycles. The van der Waals surface area contributed by atoms with Crippen molar-refractivity contribution >= 4 is 35.8 Å². The third kappa shape index (κ3) is 6.93. The predicted octanol–water partition coefficient (Wildman–Crippen LogP) is 2.64. The Morgan fingerprint density at radius 1 is 1.03 bits per heavy atom. The number of likely N-dealkylation sites (tertiary alicyclic amines) is 1. The van der Waals surface area contributed by atoms with E-state index in [1.165, 1.54) is 25.9 Å². The number of carbonyl (C=O) groups is 1. The number of carbonyl (C=O) groups excluding carboxylic acids is 1. The third-order valence-corrected chi connectivity index (χ3v) is 7.39. The molecule has 2 saturated carbocycles. The molecular weight excluding hydrogens is 505 g/mol. The van der Waals surface area contributed by atoms with Gasteiger partial charge in [-0.05, 0) is 77.8 Å². The van der Waals surface area contributed by atoms with Gasteiger partial charge in [0.15, 0.2) is 5.96 Å². The topological polar surface area (TPSA) is 78.0 Å². The van der Waals surface area contributed by atoms with E-state index in [0.29, 0.717) is 12.1 Å². The second kappa shape index (κ2) is 12.0. The SMILES string of the molecule is CCNC(=NCC1(N2CCCC2)CCOCC1)NC1CCCC(C(=O)NC2CC2)C1.I. The Balaban J connectivity index is 0.00000272. The quantitative estimate of drug-likeness (QED) is 0.260. The summed E-state index contributed by atoms with van der Waals surface area (Å²) in [6.07, 6.45) is 11.2. The molecule has 4 rings (SSSR count). The average molecular weight is 548 g/mol. The van der Waals surface area contributed by atoms with Gasteiger partial charge in [-0.15, -0.1) is 24.0 Å². The highest BCUT2D eigenvalue weighted by molar-refractivity contribution is 14.0. The predicted molar refractivity (Wildman–Crippen MR) is 135 cm³/mol. The number of guanidine groups is 1. The molecule has 0 radical (unpaired) electrons. The molecule has 8 heteroatoms. The molecule has 4 aliphatic rings. The molecule has 1 amide bonds. The molecule has 2 aliphatic carbocycles. The zero-order chi connectivity index (χ0) is 20.8. The first-order valence-electron chi connectivity index (χ1n) is 12.4. The zero-order valence-corrected chi connectivity index (χ0v) is 21.5. The fourth-order valence-electron chi connectivity index (χ4n) is 5.36. The van der Waals surface area contributed by atoms with E-state index in [1.54, 1.807) is 0 Å². The van der Waals surface area contributed by atoms with Crippen molar-refractivity contribution in [1.29, 1.82) is 0 Å². The maximum absolute atomic E-state index is 12.5. The summed E-state index contributed by atoms with van der Waals surface area (Å²) in [4.78, 5) is 20.3. The van der Waals surface area contributed by atoms with Crippen LogP contribution in [0.4, 0.5) is 0 Å². The van der Waals surface area contributed by atoms with Crippen LogP contribution in [0.5, 0.6) is 0 Å². The molecule has 7 nitrogen and oxygen atoms in total. The summed E-state index contributed by atoms with van der Waals surface area (Å²) >= 11 is 0. The zero-order valence-electron chi connectivity index (χ0n) is 19.2. The Labute approximate surface area is 204 Å². The molecule has 2 saturated heterocycles. The highest BCUT2D eigenvalue weighted by atomic mass is 127. The lowest BCUT2D eigenvalue weighted by atomic mass is 9.85. The Hall–Kier alpha value is -0.610. The summed E-state index contributed by atoms with van der Waals surface area (Å²) in [5.74, 6) is 1.32. The highest BCUT2D eigenvalue weighted by Gasteiger charge is 2.39. The van der Waals surface area contributed by atoms with Crippen LogP contribution in [-0.2, 0) is 9.53 Å². The van der Waals surface area contributed by atoms with E-state index in [0.717, 1.165) is 83.6 Å². The van der Waals surface area contributed by atoms with E-state index in [2.05, 4.69) is 27.8 Å². The van der Waals surface area contributed by atoms with Crippen molar-refractivity contribution in [1.82, 2.24) is 20.9 Å². The van der Waals surface area contributed by atoms with Gasteiger partial charge in [-0.2, -0.15) is 0 Å². The monoisotopic (exact) mass is 547 g/mol. The number of nitrogens with one attached hydrogen (secondary N) is 3. The molecule has 0 bridgehead atoms. The minimum atomic E-state index is 0. The van der Waals surface area contributed by atoms with Crippen molar-refractivity contribution in [2.24, 2.45) is 10.9 Å². The number of hydrogen-bond acceptors (Lipinski definition) is 4. The van der Waals surface area contributed by atoms with Crippen LogP contribution in [0, 0.1) is 5.92 Å². The fraction of sp³-hybridized carbons (Fsp3) is 0.913. The van der Waals surface area contributed by atoms with Crippen LogP contribution < -0.4 is 16.0 Å². The lowest BCUT2D eigenvalue weighted by molar-refractivity contribution is -0.126. The first-order chi connectivity index (χ1) is 14.7. The molecule has 0 aromatic carbocycles. The Bertz CT molecular complexity index is 601. The second-order valence-electron chi connectivity index (χ2n) is 9.71. The van der Waals surface area contributed by atoms with Crippen molar-refractivity contribution in [3.63, 3.8) is 0 Å². The molecule has 2 aliphatic heterocycles. The van der Waals surface area contributed by atoms with E-state index < -0.39 is 0 Å². The van der Waals surface area contributed by atoms with Gasteiger partial charge in [-0.1, -0.05) is 6.42 Å². The molecule has 3 N–H and O–H groups in total. The van der Waals surface area contributed by atoms with Crippen LogP contribution in [0.25, 0.3) is 0 Å². The Kier molecular flexibility index (Phi) is 9.70. The summed E-state index contributed by atoms with van der Waals surface area (Å²) in [5.41, 5.74) is 0.149. The highest BCUT2D eigenvalue weighted by Crippen LogP contribution is 2.32. The molecule has 0 spiro atoms. The number of halogens is 1. The summed E-state index contributed by atoms with van der Waals surface area (Å²) in [7, 11) is 0. The van der Waals surface area contributed by atoms with Crippen LogP contribution in [0.3, 0.4) is 0 Å². The fourth-order valence-corrected chi connectivity index (χ4v) is 5.36. The Morgan fingerprint density at radius 2 is 1.77 bits per heavy atom. The second-order valence-corrected chi connectivity index (χ2v) is 9.71. The average Bonchev–Trinajstić information content (AvgIpc) is 3.40. The first kappa shape index (κ1) is 25.0. The molecule has 2 heterocycles. The minimum Gasteiger partial charge on any atom is -0.381 e. The maximum Gasteiger partial charge on any atom is 0.223 e. The van der Waals surface area contributed by atoms with E-state index in [9.17, 15) is 4.79 Å². The maximum atomic E-state index is 12.5. The Morgan fingerprint density at radius 3 is 2.45 bits per heavy atom. The molecule has 31 heavy (non-hydrogen) atoms. The molecular formula is C23H42IN5O2. The van der Waals surface area contributed by atoms with Gasteiger partial charge in [0.05, 0.1) is 6.54 Å². The van der Waals surface area contributed by atoms with E-state index in [-0.39, 0.29) is 41.3 Å². The van der Waals surface area contributed by atoms with E-state index >= 15 is 0 Å². The van der Waals surface area contributed by atoms with Crippen molar-refractivity contribution in [2.45, 2.75) is 88.8 Å². The van der Waals surface area contributed by atoms with Gasteiger partial charge in [-0.3, -0.25) is 14.7 Å². The van der Waals surface area contributed by atoms with Crippen molar-refractivity contribution < 1.29 is 9.53 Å². The van der Waals surface area contributed by atoms with Gasteiger partial charge in [0, 0.05) is 43.3 Å². The van der Waals surface area contributed by atoms with Crippen molar-refractivity contribution in [3.05, 3.63) is 0 Å². The normalized spacial score (nSPS) is 29.1. The van der Waals surface area contributed by atoms with Crippen molar-refractivity contribution in [3.8, 4) is 0 Å². The summed E-state index contributed by atoms with van der Waals surface area (Å²) in [6, 6.07) is 0.773. The minimum absolute atomic E-state index is 0. The summed E-state index contributed by atoms with van der Waals surface area (Å²) < 4.78 is 5.68. The number of hydrogen-bond donors (Lipinski definition) is 3. The third-order valence-electron chi connectivity index (χ3n) is 7.39. The number of nitrogens with zero attached hydrogens (tertiary/aromatic N) is 2. The number of rotatable bonds is 7. The van der Waals surface area contributed by atoms with Crippen molar-refractivity contribution in [2.75, 3.05) is 39.4 Å². The molecule has 0 aromatic rings. The van der Waals surface area contributed by atoms with Gasteiger partial charge in [0.2, 0.25) is 5.91 Å². The number of ether oxygens (including phenoxy) is 1. The molecule has 2 atom stereocenters. The molecule has 2 unspecified atom stereocenters. The van der Waals surface area contributed by atoms with Gasteiger partial charge in [0.25, 0.3) is 0 Å². The lowest BCUT2D eigenvalue weighted by Gasteiger charge is -2.43. The van der Waals surface area contributed by atoms with Crippen LogP contribution in [0.15, 0.2) is 4.99 Å². The summed E-state index contributed by atoms with van der Waals surface area (Å²) in [6.45, 7) is 7.87. The summed E-state index contributed by atoms with van der Waals surface area (Å²) in [5, 5.41) is 10.3. The van der Waals surface area contributed by atoms with E-state index in [4.69, 9.17) is 9.73 Å². The standard InChI is InChI=1S/C23H41N5O2.HI/c1-2-24-22(25-17-23(10-14-30-15-11-23)28-12-3-4-13-28)27-20-7-5-6-18(16-20)21(29)26-19-8-9-19;/h18-20H,2-17H2,1H3,(H,26,29)(H2,24,25,27);1H. The van der Waals surface area contributed by atoms with Crippen LogP contribution in [-0.4, -0.2) is 73.8 Å². The first-order valence-corrected chi connectivity index (χ1v) is 12.4. The van der Waals surface area contributed by atoms with Gasteiger partial charge < -0.3 is 20.7 Å². The van der Waals surface area contributed by atoms with Crippen LogP contribution in [0.1, 0.15) is 71.1 Å². The molecule has 4 fully saturated rings. The van der Waals surface area contributed by atoms with Gasteiger partial charge in [-0.25, -0.2) is 0 Å². The van der Waals surface area contributed by atoms with E-state index in [1.807, 2.05) is 0 Å². The number of aliphatic imine (C=N–C) groups is 1. The number of amides is 1. The smallest absolute Gasteiger partial charge is 0.223 e.